The quantitative estimate of drug-likeness (QED) is 0.906. The Balaban J connectivity index is 1.62. The van der Waals surface area contributed by atoms with Crippen LogP contribution in [0.2, 0.25) is 0 Å². The molecule has 3 rings (SSSR count). The summed E-state index contributed by atoms with van der Waals surface area (Å²) in [5.74, 6) is -0.0320. The standard InChI is InChI=1S/C17H25N3O3/c21-16-6-5-14(11-18-16)17(22)20-9-4-10-23-15(13-20)12-19-7-2-1-3-8-19/h5-6,11,15H,1-4,7-10,12-13H2,(H,18,21)/t15-/m0/s1. The van der Waals surface area contributed by atoms with E-state index in [0.717, 1.165) is 26.1 Å². The van der Waals surface area contributed by atoms with Crippen molar-refractivity contribution in [2.24, 2.45) is 0 Å². The number of nitrogens with one attached hydrogen (secondary N) is 1. The third-order valence-corrected chi connectivity index (χ3v) is 4.58. The van der Waals surface area contributed by atoms with Crippen LogP contribution in [0.25, 0.3) is 0 Å². The van der Waals surface area contributed by atoms with Crippen molar-refractivity contribution in [3.8, 4) is 0 Å². The van der Waals surface area contributed by atoms with Crippen LogP contribution in [0, 0.1) is 0 Å². The molecule has 1 atom stereocenters. The molecule has 0 aliphatic carbocycles. The number of hydrogen-bond donors (Lipinski definition) is 1. The Morgan fingerprint density at radius 1 is 1.17 bits per heavy atom. The van der Waals surface area contributed by atoms with Gasteiger partial charge in [-0.3, -0.25) is 9.59 Å². The number of H-pyrrole nitrogens is 1. The van der Waals surface area contributed by atoms with Crippen molar-refractivity contribution in [1.29, 1.82) is 0 Å². The number of amides is 1. The number of aromatic amines is 1. The molecule has 1 amide bonds. The van der Waals surface area contributed by atoms with Gasteiger partial charge in [0.25, 0.3) is 5.91 Å². The minimum atomic E-state index is -0.191. The molecular formula is C17H25N3O3. The number of rotatable bonds is 3. The molecule has 6 nitrogen and oxygen atoms in total. The molecule has 0 aromatic carbocycles. The molecule has 0 spiro atoms. The molecule has 2 aliphatic heterocycles. The fraction of sp³-hybridized carbons (Fsp3) is 0.647. The topological polar surface area (TPSA) is 65.6 Å². The number of likely N-dealkylation sites (tertiary alicyclic amines) is 1. The Morgan fingerprint density at radius 2 is 2.00 bits per heavy atom. The Labute approximate surface area is 136 Å². The van der Waals surface area contributed by atoms with E-state index in [9.17, 15) is 9.59 Å². The van der Waals surface area contributed by atoms with Gasteiger partial charge in [0.15, 0.2) is 0 Å². The van der Waals surface area contributed by atoms with Gasteiger partial charge in [0.2, 0.25) is 5.56 Å². The first-order chi connectivity index (χ1) is 11.2. The summed E-state index contributed by atoms with van der Waals surface area (Å²) >= 11 is 0. The molecule has 2 saturated heterocycles. The number of piperidine rings is 1. The van der Waals surface area contributed by atoms with Gasteiger partial charge in [-0.1, -0.05) is 6.42 Å². The monoisotopic (exact) mass is 319 g/mol. The fourth-order valence-corrected chi connectivity index (χ4v) is 3.35. The highest BCUT2D eigenvalue weighted by atomic mass is 16.5. The summed E-state index contributed by atoms with van der Waals surface area (Å²) in [5.41, 5.74) is 0.340. The number of ether oxygens (including phenoxy) is 1. The molecule has 1 aromatic rings. The van der Waals surface area contributed by atoms with Crippen molar-refractivity contribution in [3.63, 3.8) is 0 Å². The summed E-state index contributed by atoms with van der Waals surface area (Å²) in [6, 6.07) is 2.99. The summed E-state index contributed by atoms with van der Waals surface area (Å²) < 4.78 is 5.95. The van der Waals surface area contributed by atoms with Crippen LogP contribution in [-0.2, 0) is 4.74 Å². The maximum atomic E-state index is 12.6. The van der Waals surface area contributed by atoms with Crippen LogP contribution in [0.1, 0.15) is 36.0 Å². The van der Waals surface area contributed by atoms with E-state index in [2.05, 4.69) is 9.88 Å². The van der Waals surface area contributed by atoms with Crippen LogP contribution in [0.3, 0.4) is 0 Å². The van der Waals surface area contributed by atoms with Gasteiger partial charge in [-0.2, -0.15) is 0 Å². The average molecular weight is 319 g/mol. The number of carbonyl (C=O) groups excluding carboxylic acids is 1. The molecule has 23 heavy (non-hydrogen) atoms. The molecule has 1 aromatic heterocycles. The van der Waals surface area contributed by atoms with Gasteiger partial charge in [0.05, 0.1) is 11.7 Å². The summed E-state index contributed by atoms with van der Waals surface area (Å²) in [6.45, 7) is 5.19. The van der Waals surface area contributed by atoms with Gasteiger partial charge >= 0.3 is 0 Å². The second-order valence-electron chi connectivity index (χ2n) is 6.40. The summed E-state index contributed by atoms with van der Waals surface area (Å²) in [5, 5.41) is 0. The first kappa shape index (κ1) is 16.2. The van der Waals surface area contributed by atoms with E-state index in [1.54, 1.807) is 6.07 Å². The number of aromatic nitrogens is 1. The average Bonchev–Trinajstić information content (AvgIpc) is 2.81. The summed E-state index contributed by atoms with van der Waals surface area (Å²) in [4.78, 5) is 30.7. The zero-order chi connectivity index (χ0) is 16.1. The third-order valence-electron chi connectivity index (χ3n) is 4.58. The van der Waals surface area contributed by atoms with Gasteiger partial charge < -0.3 is 19.5 Å². The minimum Gasteiger partial charge on any atom is -0.375 e. The highest BCUT2D eigenvalue weighted by molar-refractivity contribution is 5.93. The lowest BCUT2D eigenvalue weighted by Crippen LogP contribution is -2.43. The second-order valence-corrected chi connectivity index (χ2v) is 6.40. The second kappa shape index (κ2) is 7.75. The van der Waals surface area contributed by atoms with Gasteiger partial charge in [-0.15, -0.1) is 0 Å². The normalized spacial score (nSPS) is 23.5. The maximum Gasteiger partial charge on any atom is 0.255 e. The van der Waals surface area contributed by atoms with Gasteiger partial charge in [0, 0.05) is 38.5 Å². The Hall–Kier alpha value is -1.66. The first-order valence-corrected chi connectivity index (χ1v) is 8.54. The molecule has 0 radical (unpaired) electrons. The lowest BCUT2D eigenvalue weighted by Gasteiger charge is -2.31. The molecule has 0 unspecified atom stereocenters. The fourth-order valence-electron chi connectivity index (χ4n) is 3.35. The molecule has 2 aliphatic rings. The molecule has 3 heterocycles. The largest absolute Gasteiger partial charge is 0.375 e. The molecule has 1 N–H and O–H groups in total. The van der Waals surface area contributed by atoms with Crippen molar-refractivity contribution in [1.82, 2.24) is 14.8 Å². The Morgan fingerprint density at radius 3 is 2.74 bits per heavy atom. The van der Waals surface area contributed by atoms with E-state index in [1.807, 2.05) is 4.90 Å². The third kappa shape index (κ3) is 4.42. The Bertz CT molecular complexity index is 560. The SMILES string of the molecule is O=C(c1ccc(=O)[nH]c1)N1CCCO[C@@H](CN2CCCCC2)C1. The van der Waals surface area contributed by atoms with E-state index < -0.39 is 0 Å². The van der Waals surface area contributed by atoms with Crippen LogP contribution in [0.4, 0.5) is 0 Å². The van der Waals surface area contributed by atoms with Crippen molar-refractivity contribution in [2.75, 3.05) is 39.3 Å². The van der Waals surface area contributed by atoms with Crippen molar-refractivity contribution >= 4 is 5.91 Å². The van der Waals surface area contributed by atoms with Crippen LogP contribution in [0.15, 0.2) is 23.1 Å². The molecule has 0 bridgehead atoms. The van der Waals surface area contributed by atoms with E-state index >= 15 is 0 Å². The molecule has 0 saturated carbocycles. The summed E-state index contributed by atoms with van der Waals surface area (Å²) in [6.07, 6.45) is 6.25. The predicted octanol–water partition coefficient (Wildman–Crippen LogP) is 1.09. The zero-order valence-corrected chi connectivity index (χ0v) is 13.5. The number of nitrogens with zero attached hydrogens (tertiary/aromatic N) is 2. The van der Waals surface area contributed by atoms with Gasteiger partial charge in [-0.05, 0) is 38.4 Å². The summed E-state index contributed by atoms with van der Waals surface area (Å²) in [7, 11) is 0. The van der Waals surface area contributed by atoms with E-state index in [4.69, 9.17) is 4.74 Å². The zero-order valence-electron chi connectivity index (χ0n) is 13.5. The number of pyridine rings is 1. The van der Waals surface area contributed by atoms with E-state index in [-0.39, 0.29) is 17.6 Å². The van der Waals surface area contributed by atoms with Crippen LogP contribution in [0.5, 0.6) is 0 Å². The van der Waals surface area contributed by atoms with Crippen LogP contribution in [-0.4, -0.2) is 66.1 Å². The maximum absolute atomic E-state index is 12.6. The van der Waals surface area contributed by atoms with E-state index in [1.165, 1.54) is 31.5 Å². The van der Waals surface area contributed by atoms with Gasteiger partial charge in [0.1, 0.15) is 0 Å². The lowest BCUT2D eigenvalue weighted by atomic mass is 10.1. The Kier molecular flexibility index (Phi) is 5.46. The van der Waals surface area contributed by atoms with Gasteiger partial charge in [-0.25, -0.2) is 0 Å². The highest BCUT2D eigenvalue weighted by Crippen LogP contribution is 2.14. The highest BCUT2D eigenvalue weighted by Gasteiger charge is 2.25. The molecule has 6 heteroatoms. The lowest BCUT2D eigenvalue weighted by molar-refractivity contribution is 0.0216. The van der Waals surface area contributed by atoms with E-state index in [0.29, 0.717) is 25.3 Å². The number of carbonyl (C=O) groups is 1. The molecule has 2 fully saturated rings. The van der Waals surface area contributed by atoms with Crippen molar-refractivity contribution < 1.29 is 9.53 Å². The molecular weight excluding hydrogens is 294 g/mol. The van der Waals surface area contributed by atoms with Crippen LogP contribution >= 0.6 is 0 Å². The minimum absolute atomic E-state index is 0.0320. The van der Waals surface area contributed by atoms with Crippen molar-refractivity contribution in [2.45, 2.75) is 31.8 Å². The first-order valence-electron chi connectivity index (χ1n) is 8.54. The smallest absolute Gasteiger partial charge is 0.255 e. The number of hydrogen-bond acceptors (Lipinski definition) is 4. The van der Waals surface area contributed by atoms with Crippen molar-refractivity contribution in [3.05, 3.63) is 34.2 Å². The predicted molar refractivity (Wildman–Crippen MR) is 87.6 cm³/mol. The molecule has 126 valence electrons. The van der Waals surface area contributed by atoms with Crippen LogP contribution < -0.4 is 5.56 Å².